The maximum Gasteiger partial charge on any atom is 0.131 e. The van der Waals surface area contributed by atoms with Crippen molar-refractivity contribution in [3.8, 4) is 0 Å². The van der Waals surface area contributed by atoms with Crippen molar-refractivity contribution in [3.63, 3.8) is 0 Å². The molecule has 0 unspecified atom stereocenters. The third kappa shape index (κ3) is 4.25. The maximum absolute atomic E-state index is 6.07. The molecule has 0 aliphatic heterocycles. The Morgan fingerprint density at radius 2 is 1.61 bits per heavy atom. The minimum Gasteiger partial charge on any atom is -0.383 e. The van der Waals surface area contributed by atoms with Crippen molar-refractivity contribution < 1.29 is 0 Å². The van der Waals surface area contributed by atoms with Crippen LogP contribution >= 0.6 is 0 Å². The van der Waals surface area contributed by atoms with Crippen LogP contribution in [-0.4, -0.2) is 19.9 Å². The highest BCUT2D eigenvalue weighted by atomic mass is 15.1. The van der Waals surface area contributed by atoms with Crippen LogP contribution in [0.4, 0.5) is 17.5 Å². The van der Waals surface area contributed by atoms with E-state index < -0.39 is 0 Å². The van der Waals surface area contributed by atoms with Gasteiger partial charge in [0.1, 0.15) is 23.8 Å². The molecule has 33 heavy (non-hydrogen) atoms. The Morgan fingerprint density at radius 3 is 2.45 bits per heavy atom. The fourth-order valence-electron chi connectivity index (χ4n) is 4.14. The van der Waals surface area contributed by atoms with Crippen LogP contribution in [0.25, 0.3) is 21.7 Å². The van der Waals surface area contributed by atoms with E-state index in [1.807, 2.05) is 36.5 Å². The van der Waals surface area contributed by atoms with Gasteiger partial charge >= 0.3 is 0 Å². The summed E-state index contributed by atoms with van der Waals surface area (Å²) in [6.07, 6.45) is 5.21. The highest BCUT2D eigenvalue weighted by molar-refractivity contribution is 5.94. The second kappa shape index (κ2) is 8.70. The number of hydrogen-bond acceptors (Lipinski definition) is 7. The molecule has 4 N–H and O–H groups in total. The van der Waals surface area contributed by atoms with Crippen LogP contribution in [0.15, 0.2) is 67.3 Å². The highest BCUT2D eigenvalue weighted by Crippen LogP contribution is 2.28. The zero-order chi connectivity index (χ0) is 22.8. The lowest BCUT2D eigenvalue weighted by molar-refractivity contribution is 1.04. The molecule has 164 valence electrons. The first-order valence-corrected chi connectivity index (χ1v) is 10.9. The number of pyridine rings is 2. The molecule has 7 nitrogen and oxygen atoms in total. The van der Waals surface area contributed by atoms with E-state index in [4.69, 9.17) is 5.73 Å². The van der Waals surface area contributed by atoms with E-state index in [9.17, 15) is 0 Å². The number of nitrogens with two attached hydrogens (primary N) is 1. The highest BCUT2D eigenvalue weighted by Gasteiger charge is 2.10. The summed E-state index contributed by atoms with van der Waals surface area (Å²) in [5.41, 5.74) is 11.8. The summed E-state index contributed by atoms with van der Waals surface area (Å²) in [6, 6.07) is 16.3. The first-order valence-electron chi connectivity index (χ1n) is 10.9. The number of aryl methyl sites for hydroxylation is 2. The summed E-state index contributed by atoms with van der Waals surface area (Å²) in [5.74, 6) is 2.08. The molecule has 5 aromatic rings. The van der Waals surface area contributed by atoms with Gasteiger partial charge in [0.15, 0.2) is 0 Å². The van der Waals surface area contributed by atoms with Crippen LogP contribution < -0.4 is 16.4 Å². The van der Waals surface area contributed by atoms with Crippen molar-refractivity contribution in [2.45, 2.75) is 26.9 Å². The van der Waals surface area contributed by atoms with Crippen LogP contribution in [0, 0.1) is 13.8 Å². The number of para-hydroxylation sites is 1. The summed E-state index contributed by atoms with van der Waals surface area (Å²) < 4.78 is 0. The Labute approximate surface area is 192 Å². The van der Waals surface area contributed by atoms with E-state index in [1.165, 1.54) is 16.7 Å². The van der Waals surface area contributed by atoms with E-state index >= 15 is 0 Å². The average Bonchev–Trinajstić information content (AvgIpc) is 2.83. The molecule has 2 aromatic carbocycles. The van der Waals surface area contributed by atoms with E-state index in [1.54, 1.807) is 12.5 Å². The second-order valence-corrected chi connectivity index (χ2v) is 8.12. The Hall–Kier alpha value is -4.26. The Bertz CT molecular complexity index is 1460. The van der Waals surface area contributed by atoms with E-state index in [0.29, 0.717) is 18.9 Å². The second-order valence-electron chi connectivity index (χ2n) is 8.12. The lowest BCUT2D eigenvalue weighted by Crippen LogP contribution is -2.08. The molecular formula is C26H25N7. The molecule has 0 aliphatic carbocycles. The van der Waals surface area contributed by atoms with Gasteiger partial charge in [-0.15, -0.1) is 0 Å². The lowest BCUT2D eigenvalue weighted by atomic mass is 9.96. The van der Waals surface area contributed by atoms with Crippen molar-refractivity contribution in [1.82, 2.24) is 19.9 Å². The van der Waals surface area contributed by atoms with Gasteiger partial charge in [-0.05, 0) is 65.8 Å². The summed E-state index contributed by atoms with van der Waals surface area (Å²) in [4.78, 5) is 17.5. The Balaban J connectivity index is 1.29. The van der Waals surface area contributed by atoms with Crippen molar-refractivity contribution >= 4 is 39.1 Å². The molecule has 0 bridgehead atoms. The van der Waals surface area contributed by atoms with Crippen LogP contribution in [-0.2, 0) is 13.1 Å². The van der Waals surface area contributed by atoms with Gasteiger partial charge in [-0.25, -0.2) is 15.0 Å². The van der Waals surface area contributed by atoms with Crippen molar-refractivity contribution in [2.75, 3.05) is 16.4 Å². The molecule has 0 spiro atoms. The summed E-state index contributed by atoms with van der Waals surface area (Å²) in [6.45, 7) is 5.50. The number of nitrogens with one attached hydrogen (secondary N) is 2. The number of nitrogen functional groups attached to an aromatic ring is 1. The van der Waals surface area contributed by atoms with E-state index in [0.717, 1.165) is 38.9 Å². The molecule has 0 saturated carbocycles. The Kier molecular flexibility index (Phi) is 5.44. The molecule has 3 heterocycles. The molecule has 0 amide bonds. The van der Waals surface area contributed by atoms with Gasteiger partial charge in [0, 0.05) is 42.3 Å². The van der Waals surface area contributed by atoms with Crippen molar-refractivity contribution in [1.29, 1.82) is 0 Å². The third-order valence-electron chi connectivity index (χ3n) is 5.95. The largest absolute Gasteiger partial charge is 0.383 e. The van der Waals surface area contributed by atoms with E-state index in [-0.39, 0.29) is 0 Å². The fourth-order valence-corrected chi connectivity index (χ4v) is 4.14. The predicted octanol–water partition coefficient (Wildman–Crippen LogP) is 5.00. The SMILES string of the molecule is Cc1cc2c(N)nccc2c(C)c1CNc1cc(NCc2cnc3ccccc3c2)ncn1. The number of nitrogens with zero attached hydrogens (tertiary/aromatic N) is 4. The minimum atomic E-state index is 0.561. The standard InChI is InChI=1S/C26H25N7/c1-16-9-21-20(7-8-28-26(21)27)17(2)22(16)14-31-25-11-24(32-15-33-25)30-13-18-10-19-5-3-4-6-23(19)29-12-18/h3-12,15H,13-14H2,1-2H3,(H2,27,28)(H2,30,31,32,33). The van der Waals surface area contributed by atoms with Gasteiger partial charge in [0.05, 0.1) is 5.52 Å². The molecule has 5 rings (SSSR count). The van der Waals surface area contributed by atoms with Crippen LogP contribution in [0.1, 0.15) is 22.3 Å². The zero-order valence-corrected chi connectivity index (χ0v) is 18.6. The molecule has 3 aromatic heterocycles. The van der Waals surface area contributed by atoms with Crippen molar-refractivity contribution in [3.05, 3.63) is 89.5 Å². The van der Waals surface area contributed by atoms with Gasteiger partial charge < -0.3 is 16.4 Å². The third-order valence-corrected chi connectivity index (χ3v) is 5.95. The van der Waals surface area contributed by atoms with Gasteiger partial charge in [-0.3, -0.25) is 4.98 Å². The number of aromatic nitrogens is 4. The van der Waals surface area contributed by atoms with Gasteiger partial charge in [0.25, 0.3) is 0 Å². The Morgan fingerprint density at radius 1 is 0.818 bits per heavy atom. The molecule has 0 saturated heterocycles. The normalized spacial score (nSPS) is 11.1. The van der Waals surface area contributed by atoms with Gasteiger partial charge in [-0.1, -0.05) is 18.2 Å². The summed E-state index contributed by atoms with van der Waals surface area (Å²) in [5, 5.41) is 10.0. The molecule has 7 heteroatoms. The number of anilines is 3. The molecule has 0 atom stereocenters. The first-order chi connectivity index (χ1) is 16.1. The predicted molar refractivity (Wildman–Crippen MR) is 134 cm³/mol. The smallest absolute Gasteiger partial charge is 0.131 e. The number of hydrogen-bond donors (Lipinski definition) is 3. The van der Waals surface area contributed by atoms with Crippen LogP contribution in [0.3, 0.4) is 0 Å². The minimum absolute atomic E-state index is 0.561. The number of benzene rings is 2. The topological polar surface area (TPSA) is 102 Å². The van der Waals surface area contributed by atoms with Gasteiger partial charge in [0.2, 0.25) is 0 Å². The molecule has 0 aliphatic rings. The fraction of sp³-hybridized carbons (Fsp3) is 0.154. The van der Waals surface area contributed by atoms with Gasteiger partial charge in [-0.2, -0.15) is 0 Å². The average molecular weight is 436 g/mol. The monoisotopic (exact) mass is 435 g/mol. The quantitative estimate of drug-likeness (QED) is 0.345. The number of fused-ring (bicyclic) bond motifs is 2. The van der Waals surface area contributed by atoms with Crippen LogP contribution in [0.2, 0.25) is 0 Å². The van der Waals surface area contributed by atoms with E-state index in [2.05, 4.69) is 62.6 Å². The number of rotatable bonds is 6. The summed E-state index contributed by atoms with van der Waals surface area (Å²) >= 11 is 0. The first kappa shape index (κ1) is 20.6. The van der Waals surface area contributed by atoms with Crippen molar-refractivity contribution in [2.24, 2.45) is 0 Å². The molecular weight excluding hydrogens is 410 g/mol. The summed E-state index contributed by atoms with van der Waals surface area (Å²) in [7, 11) is 0. The molecule has 0 fully saturated rings. The van der Waals surface area contributed by atoms with Crippen LogP contribution in [0.5, 0.6) is 0 Å². The zero-order valence-electron chi connectivity index (χ0n) is 18.6. The lowest BCUT2D eigenvalue weighted by Gasteiger charge is -2.15. The molecule has 0 radical (unpaired) electrons. The maximum atomic E-state index is 6.07.